The maximum atomic E-state index is 13.3. The van der Waals surface area contributed by atoms with Crippen LogP contribution in [0.4, 0.5) is 4.39 Å². The molecule has 1 fully saturated rings. The van der Waals surface area contributed by atoms with Gasteiger partial charge in [-0.2, -0.15) is 0 Å². The molecule has 1 atom stereocenters. The predicted molar refractivity (Wildman–Crippen MR) is 89.8 cm³/mol. The first kappa shape index (κ1) is 17.4. The van der Waals surface area contributed by atoms with E-state index in [0.717, 1.165) is 24.4 Å². The van der Waals surface area contributed by atoms with Crippen molar-refractivity contribution in [3.8, 4) is 5.75 Å². The van der Waals surface area contributed by atoms with Crippen molar-refractivity contribution >= 4 is 35.6 Å². The number of hydrogen-bond donors (Lipinski definition) is 1. The molecule has 2 nitrogen and oxygen atoms in total. The predicted octanol–water partition coefficient (Wildman–Crippen LogP) is 4.89. The Balaban J connectivity index is 0.00000176. The van der Waals surface area contributed by atoms with Gasteiger partial charge in [0.25, 0.3) is 0 Å². The number of ether oxygens (including phenoxy) is 1. The second-order valence-electron chi connectivity index (χ2n) is 5.08. The zero-order valence-electron chi connectivity index (χ0n) is 11.6. The van der Waals surface area contributed by atoms with Gasteiger partial charge in [-0.25, -0.2) is 4.39 Å². The molecule has 2 aromatic rings. The maximum Gasteiger partial charge on any atom is 0.141 e. The van der Waals surface area contributed by atoms with E-state index >= 15 is 0 Å². The second-order valence-corrected chi connectivity index (χ2v) is 5.93. The number of nitrogens with one attached hydrogen (secondary N) is 1. The Hall–Kier alpha value is -1.00. The topological polar surface area (TPSA) is 21.3 Å². The number of rotatable bonds is 4. The average molecular weight is 363 g/mol. The Morgan fingerprint density at radius 2 is 1.77 bits per heavy atom. The summed E-state index contributed by atoms with van der Waals surface area (Å²) in [6.45, 7) is 1.74. The third kappa shape index (κ3) is 3.85. The van der Waals surface area contributed by atoms with E-state index in [4.69, 9.17) is 27.9 Å². The lowest BCUT2D eigenvalue weighted by molar-refractivity contribution is 0.0993. The molecule has 1 unspecified atom stereocenters. The molecule has 6 heteroatoms. The van der Waals surface area contributed by atoms with Crippen LogP contribution in [0.1, 0.15) is 11.7 Å². The molecule has 118 valence electrons. The lowest BCUT2D eigenvalue weighted by Crippen LogP contribution is -2.46. The number of hydrogen-bond acceptors (Lipinski definition) is 2. The van der Waals surface area contributed by atoms with Crippen molar-refractivity contribution in [3.05, 3.63) is 63.9 Å². The summed E-state index contributed by atoms with van der Waals surface area (Å²) in [5, 5.41) is 4.00. The van der Waals surface area contributed by atoms with Gasteiger partial charge in [0.15, 0.2) is 0 Å². The minimum absolute atomic E-state index is 0. The first-order valence-electron chi connectivity index (χ1n) is 6.71. The zero-order valence-corrected chi connectivity index (χ0v) is 13.9. The number of benzene rings is 2. The molecule has 3 rings (SSSR count). The summed E-state index contributed by atoms with van der Waals surface area (Å²) in [4.78, 5) is 0. The second kappa shape index (κ2) is 7.51. The van der Waals surface area contributed by atoms with Gasteiger partial charge in [-0.05, 0) is 42.0 Å². The molecule has 0 radical (unpaired) electrons. The SMILES string of the molecule is Cl.Fc1ccc(C(Oc2ccc(Cl)cc2)C2CNC2)cc1Cl. The summed E-state index contributed by atoms with van der Waals surface area (Å²) in [5.41, 5.74) is 0.878. The summed E-state index contributed by atoms with van der Waals surface area (Å²) in [6.07, 6.45) is -0.162. The molecule has 0 aromatic heterocycles. The molecular weight excluding hydrogens is 348 g/mol. The van der Waals surface area contributed by atoms with Crippen molar-refractivity contribution in [1.82, 2.24) is 5.32 Å². The van der Waals surface area contributed by atoms with Gasteiger partial charge in [-0.3, -0.25) is 0 Å². The molecule has 1 N–H and O–H groups in total. The van der Waals surface area contributed by atoms with E-state index in [1.165, 1.54) is 6.07 Å². The van der Waals surface area contributed by atoms with Crippen molar-refractivity contribution in [1.29, 1.82) is 0 Å². The molecule has 2 aromatic carbocycles. The smallest absolute Gasteiger partial charge is 0.141 e. The van der Waals surface area contributed by atoms with Crippen LogP contribution in [0, 0.1) is 11.7 Å². The molecule has 1 saturated heterocycles. The van der Waals surface area contributed by atoms with Crippen LogP contribution >= 0.6 is 35.6 Å². The van der Waals surface area contributed by atoms with Crippen LogP contribution < -0.4 is 10.1 Å². The van der Waals surface area contributed by atoms with Crippen LogP contribution in [-0.4, -0.2) is 13.1 Å². The van der Waals surface area contributed by atoms with Crippen molar-refractivity contribution < 1.29 is 9.13 Å². The van der Waals surface area contributed by atoms with E-state index < -0.39 is 5.82 Å². The fraction of sp³-hybridized carbons (Fsp3) is 0.250. The molecule has 22 heavy (non-hydrogen) atoms. The van der Waals surface area contributed by atoms with E-state index in [1.807, 2.05) is 12.1 Å². The molecule has 0 saturated carbocycles. The summed E-state index contributed by atoms with van der Waals surface area (Å²) in [6, 6.07) is 12.0. The van der Waals surface area contributed by atoms with Gasteiger partial charge in [-0.15, -0.1) is 12.4 Å². The molecule has 0 aliphatic carbocycles. The molecular formula is C16H15Cl3FNO. The van der Waals surface area contributed by atoms with Crippen molar-refractivity contribution in [3.63, 3.8) is 0 Å². The summed E-state index contributed by atoms with van der Waals surface area (Å²) in [5.74, 6) is 0.649. The Morgan fingerprint density at radius 1 is 1.09 bits per heavy atom. The molecule has 0 amide bonds. The van der Waals surface area contributed by atoms with Crippen LogP contribution in [-0.2, 0) is 0 Å². The maximum absolute atomic E-state index is 13.3. The van der Waals surface area contributed by atoms with E-state index in [0.29, 0.717) is 10.9 Å². The Bertz CT molecular complexity index is 632. The third-order valence-corrected chi connectivity index (χ3v) is 4.13. The fourth-order valence-electron chi connectivity index (χ4n) is 2.31. The largest absolute Gasteiger partial charge is 0.485 e. The van der Waals surface area contributed by atoms with Crippen LogP contribution in [0.5, 0.6) is 5.75 Å². The van der Waals surface area contributed by atoms with Crippen molar-refractivity contribution in [2.75, 3.05) is 13.1 Å². The standard InChI is InChI=1S/C16H14Cl2FNO.ClH/c17-12-2-4-13(5-3-12)21-16(11-8-20-9-11)10-1-6-15(19)14(18)7-10;/h1-7,11,16,20H,8-9H2;1H. The molecule has 1 aliphatic heterocycles. The molecule has 0 spiro atoms. The average Bonchev–Trinajstić information content (AvgIpc) is 2.41. The fourth-order valence-corrected chi connectivity index (χ4v) is 2.63. The summed E-state index contributed by atoms with van der Waals surface area (Å²) < 4.78 is 19.4. The highest BCUT2D eigenvalue weighted by atomic mass is 35.5. The lowest BCUT2D eigenvalue weighted by atomic mass is 9.91. The van der Waals surface area contributed by atoms with Gasteiger partial charge < -0.3 is 10.1 Å². The minimum Gasteiger partial charge on any atom is -0.485 e. The van der Waals surface area contributed by atoms with Crippen LogP contribution in [0.15, 0.2) is 42.5 Å². The van der Waals surface area contributed by atoms with Crippen molar-refractivity contribution in [2.24, 2.45) is 5.92 Å². The monoisotopic (exact) mass is 361 g/mol. The van der Waals surface area contributed by atoms with Crippen LogP contribution in [0.2, 0.25) is 10.0 Å². The van der Waals surface area contributed by atoms with Gasteiger partial charge in [-0.1, -0.05) is 29.3 Å². The molecule has 1 heterocycles. The van der Waals surface area contributed by atoms with E-state index in [9.17, 15) is 4.39 Å². The van der Waals surface area contributed by atoms with E-state index in [-0.39, 0.29) is 23.5 Å². The highest BCUT2D eigenvalue weighted by molar-refractivity contribution is 6.31. The summed E-state index contributed by atoms with van der Waals surface area (Å²) in [7, 11) is 0. The number of halogens is 4. The normalized spacial score (nSPS) is 15.6. The van der Waals surface area contributed by atoms with E-state index in [1.54, 1.807) is 24.3 Å². The highest BCUT2D eigenvalue weighted by Gasteiger charge is 2.30. The highest BCUT2D eigenvalue weighted by Crippen LogP contribution is 2.33. The Kier molecular flexibility index (Phi) is 5.93. The van der Waals surface area contributed by atoms with E-state index in [2.05, 4.69) is 5.32 Å². The summed E-state index contributed by atoms with van der Waals surface area (Å²) >= 11 is 11.8. The minimum atomic E-state index is -0.419. The van der Waals surface area contributed by atoms with Gasteiger partial charge in [0, 0.05) is 24.0 Å². The van der Waals surface area contributed by atoms with Gasteiger partial charge in [0.1, 0.15) is 17.7 Å². The zero-order chi connectivity index (χ0) is 14.8. The van der Waals surface area contributed by atoms with Gasteiger partial charge >= 0.3 is 0 Å². The van der Waals surface area contributed by atoms with Crippen LogP contribution in [0.3, 0.4) is 0 Å². The quantitative estimate of drug-likeness (QED) is 0.836. The Labute approximate surface area is 145 Å². The first-order chi connectivity index (χ1) is 10.1. The van der Waals surface area contributed by atoms with Crippen molar-refractivity contribution in [2.45, 2.75) is 6.10 Å². The first-order valence-corrected chi connectivity index (χ1v) is 7.47. The van der Waals surface area contributed by atoms with Gasteiger partial charge in [0.05, 0.1) is 5.02 Å². The Morgan fingerprint density at radius 3 is 2.32 bits per heavy atom. The lowest BCUT2D eigenvalue weighted by Gasteiger charge is -2.35. The molecule has 0 bridgehead atoms. The molecule has 1 aliphatic rings. The van der Waals surface area contributed by atoms with Crippen LogP contribution in [0.25, 0.3) is 0 Å². The van der Waals surface area contributed by atoms with Gasteiger partial charge in [0.2, 0.25) is 0 Å². The third-order valence-electron chi connectivity index (χ3n) is 3.59.